The summed E-state index contributed by atoms with van der Waals surface area (Å²) in [5.41, 5.74) is 0. The van der Waals surface area contributed by atoms with Crippen molar-refractivity contribution in [1.29, 1.82) is 0 Å². The van der Waals surface area contributed by atoms with Gasteiger partial charge in [0.05, 0.1) is 10.6 Å². The number of hydrogen-bond donors (Lipinski definition) is 3. The SMILES string of the molecule is CCCCNc1ncc(Br)c(N[C@H]2CCC[C@H](O)CC2)n1. The molecule has 0 unspecified atom stereocenters. The molecule has 2 rings (SSSR count). The van der Waals surface area contributed by atoms with Crippen molar-refractivity contribution in [3.05, 3.63) is 10.7 Å². The van der Waals surface area contributed by atoms with Gasteiger partial charge >= 0.3 is 0 Å². The fourth-order valence-electron chi connectivity index (χ4n) is 2.55. The lowest BCUT2D eigenvalue weighted by molar-refractivity contribution is 0.157. The number of aromatic nitrogens is 2. The summed E-state index contributed by atoms with van der Waals surface area (Å²) in [6, 6.07) is 0.372. The predicted molar refractivity (Wildman–Crippen MR) is 89.6 cm³/mol. The Morgan fingerprint density at radius 2 is 2.19 bits per heavy atom. The van der Waals surface area contributed by atoms with Gasteiger partial charge in [-0.3, -0.25) is 0 Å². The maximum Gasteiger partial charge on any atom is 0.224 e. The number of unbranched alkanes of at least 4 members (excludes halogenated alkanes) is 1. The van der Waals surface area contributed by atoms with E-state index in [1.807, 2.05) is 0 Å². The molecular formula is C15H25BrN4O. The number of aliphatic hydroxyl groups excluding tert-OH is 1. The largest absolute Gasteiger partial charge is 0.393 e. The number of nitrogens with zero attached hydrogens (tertiary/aromatic N) is 2. The molecule has 5 nitrogen and oxygen atoms in total. The minimum absolute atomic E-state index is 0.142. The summed E-state index contributed by atoms with van der Waals surface area (Å²) in [4.78, 5) is 8.83. The van der Waals surface area contributed by atoms with Crippen LogP contribution in [-0.2, 0) is 0 Å². The van der Waals surface area contributed by atoms with Crippen molar-refractivity contribution >= 4 is 27.7 Å². The van der Waals surface area contributed by atoms with E-state index in [1.54, 1.807) is 6.20 Å². The van der Waals surface area contributed by atoms with E-state index in [0.717, 1.165) is 61.8 Å². The number of nitrogens with one attached hydrogen (secondary N) is 2. The molecule has 118 valence electrons. The van der Waals surface area contributed by atoms with E-state index >= 15 is 0 Å². The van der Waals surface area contributed by atoms with Crippen LogP contribution in [0.5, 0.6) is 0 Å². The first-order valence-corrected chi connectivity index (χ1v) is 8.69. The zero-order valence-corrected chi connectivity index (χ0v) is 14.2. The second-order valence-corrected chi connectivity index (χ2v) is 6.53. The third-order valence-electron chi connectivity index (χ3n) is 3.84. The normalized spacial score (nSPS) is 22.6. The summed E-state index contributed by atoms with van der Waals surface area (Å²) < 4.78 is 0.883. The third kappa shape index (κ3) is 5.43. The monoisotopic (exact) mass is 356 g/mol. The Balaban J connectivity index is 1.96. The van der Waals surface area contributed by atoms with Crippen LogP contribution in [0.3, 0.4) is 0 Å². The average molecular weight is 357 g/mol. The highest BCUT2D eigenvalue weighted by molar-refractivity contribution is 9.10. The molecule has 0 amide bonds. The summed E-state index contributed by atoms with van der Waals surface area (Å²) in [5, 5.41) is 16.5. The van der Waals surface area contributed by atoms with E-state index in [4.69, 9.17) is 0 Å². The highest BCUT2D eigenvalue weighted by atomic mass is 79.9. The Kier molecular flexibility index (Phi) is 6.70. The molecule has 3 N–H and O–H groups in total. The van der Waals surface area contributed by atoms with Crippen molar-refractivity contribution < 1.29 is 5.11 Å². The first-order chi connectivity index (χ1) is 10.2. The maximum absolute atomic E-state index is 9.72. The minimum atomic E-state index is -0.142. The highest BCUT2D eigenvalue weighted by Gasteiger charge is 2.18. The molecule has 1 aliphatic carbocycles. The molecule has 0 aliphatic heterocycles. The van der Waals surface area contributed by atoms with Gasteiger partial charge in [0.15, 0.2) is 0 Å². The van der Waals surface area contributed by atoms with Crippen LogP contribution in [0.4, 0.5) is 11.8 Å². The Morgan fingerprint density at radius 3 is 3.00 bits per heavy atom. The molecule has 0 bridgehead atoms. The Bertz CT molecular complexity index is 444. The highest BCUT2D eigenvalue weighted by Crippen LogP contribution is 2.25. The van der Waals surface area contributed by atoms with E-state index in [-0.39, 0.29) is 6.10 Å². The van der Waals surface area contributed by atoms with Crippen LogP contribution >= 0.6 is 15.9 Å². The van der Waals surface area contributed by atoms with Gasteiger partial charge in [-0.25, -0.2) is 4.98 Å². The standard InChI is InChI=1S/C15H25BrN4O/c1-2-3-9-17-15-18-10-13(16)14(20-15)19-11-5-4-6-12(21)8-7-11/h10-12,21H,2-9H2,1H3,(H2,17,18,19,20)/t11-,12-/m0/s1. The quantitative estimate of drug-likeness (QED) is 0.537. The van der Waals surface area contributed by atoms with Gasteiger partial charge in [0.2, 0.25) is 5.95 Å². The van der Waals surface area contributed by atoms with Gasteiger partial charge in [-0.05, 0) is 54.5 Å². The van der Waals surface area contributed by atoms with Crippen molar-refractivity contribution in [2.45, 2.75) is 64.0 Å². The summed E-state index contributed by atoms with van der Waals surface area (Å²) in [5.74, 6) is 1.51. The van der Waals surface area contributed by atoms with E-state index in [1.165, 1.54) is 0 Å². The Labute approximate surface area is 135 Å². The number of rotatable bonds is 6. The first kappa shape index (κ1) is 16.5. The van der Waals surface area contributed by atoms with Crippen LogP contribution in [0.1, 0.15) is 51.9 Å². The molecule has 0 saturated heterocycles. The van der Waals surface area contributed by atoms with Crippen molar-refractivity contribution in [2.75, 3.05) is 17.2 Å². The maximum atomic E-state index is 9.72. The summed E-state index contributed by atoms with van der Waals surface area (Å²) in [6.45, 7) is 3.06. The summed E-state index contributed by atoms with van der Waals surface area (Å²) in [6.07, 6.45) is 8.80. The fourth-order valence-corrected chi connectivity index (χ4v) is 2.86. The zero-order chi connectivity index (χ0) is 15.1. The molecule has 6 heteroatoms. The Hall–Kier alpha value is -0.880. The number of anilines is 2. The van der Waals surface area contributed by atoms with E-state index in [2.05, 4.69) is 43.5 Å². The molecule has 1 fully saturated rings. The average Bonchev–Trinajstić information content (AvgIpc) is 2.67. The molecule has 1 aromatic heterocycles. The molecule has 1 aliphatic rings. The van der Waals surface area contributed by atoms with E-state index in [9.17, 15) is 5.11 Å². The van der Waals surface area contributed by atoms with Crippen molar-refractivity contribution in [3.63, 3.8) is 0 Å². The van der Waals surface area contributed by atoms with E-state index < -0.39 is 0 Å². The van der Waals surface area contributed by atoms with Crippen LogP contribution in [0, 0.1) is 0 Å². The van der Waals surface area contributed by atoms with Gasteiger partial charge in [0.1, 0.15) is 5.82 Å². The van der Waals surface area contributed by atoms with Crippen LogP contribution in [0.15, 0.2) is 10.7 Å². The fraction of sp³-hybridized carbons (Fsp3) is 0.733. The predicted octanol–water partition coefficient (Wildman–Crippen LogP) is 3.56. The summed E-state index contributed by atoms with van der Waals surface area (Å²) in [7, 11) is 0. The Morgan fingerprint density at radius 1 is 1.33 bits per heavy atom. The van der Waals surface area contributed by atoms with Gasteiger partial charge in [-0.15, -0.1) is 0 Å². The molecule has 21 heavy (non-hydrogen) atoms. The lowest BCUT2D eigenvalue weighted by atomic mass is 10.1. The smallest absolute Gasteiger partial charge is 0.224 e. The van der Waals surface area contributed by atoms with Gasteiger partial charge in [-0.2, -0.15) is 4.98 Å². The number of hydrogen-bond acceptors (Lipinski definition) is 5. The van der Waals surface area contributed by atoms with Crippen molar-refractivity contribution in [3.8, 4) is 0 Å². The van der Waals surface area contributed by atoms with E-state index in [0.29, 0.717) is 12.0 Å². The second kappa shape index (κ2) is 8.54. The third-order valence-corrected chi connectivity index (χ3v) is 4.42. The number of halogens is 1. The molecule has 0 radical (unpaired) electrons. The van der Waals surface area contributed by atoms with Crippen LogP contribution in [0.2, 0.25) is 0 Å². The summed E-state index contributed by atoms with van der Waals surface area (Å²) >= 11 is 3.51. The van der Waals surface area contributed by atoms with Crippen LogP contribution in [0.25, 0.3) is 0 Å². The molecule has 2 atom stereocenters. The molecule has 1 heterocycles. The number of aliphatic hydroxyl groups is 1. The lowest BCUT2D eigenvalue weighted by Gasteiger charge is -2.18. The molecule has 0 spiro atoms. The topological polar surface area (TPSA) is 70.1 Å². The first-order valence-electron chi connectivity index (χ1n) is 7.90. The molecule has 1 saturated carbocycles. The van der Waals surface area contributed by atoms with Crippen molar-refractivity contribution in [1.82, 2.24) is 9.97 Å². The lowest BCUT2D eigenvalue weighted by Crippen LogP contribution is -2.20. The minimum Gasteiger partial charge on any atom is -0.393 e. The molecule has 0 aromatic carbocycles. The van der Waals surface area contributed by atoms with Gasteiger partial charge in [-0.1, -0.05) is 13.3 Å². The van der Waals surface area contributed by atoms with Gasteiger partial charge in [0.25, 0.3) is 0 Å². The van der Waals surface area contributed by atoms with Crippen molar-refractivity contribution in [2.24, 2.45) is 0 Å². The van der Waals surface area contributed by atoms with Crippen LogP contribution in [-0.4, -0.2) is 33.8 Å². The second-order valence-electron chi connectivity index (χ2n) is 5.67. The van der Waals surface area contributed by atoms with Gasteiger partial charge in [0, 0.05) is 18.8 Å². The zero-order valence-electron chi connectivity index (χ0n) is 12.6. The molecular weight excluding hydrogens is 332 g/mol. The van der Waals surface area contributed by atoms with Gasteiger partial charge < -0.3 is 15.7 Å². The molecule has 1 aromatic rings. The van der Waals surface area contributed by atoms with Crippen LogP contribution < -0.4 is 10.6 Å².